The Morgan fingerprint density at radius 2 is 1.97 bits per heavy atom. The van der Waals surface area contributed by atoms with Crippen LogP contribution in [0.2, 0.25) is 0 Å². The van der Waals surface area contributed by atoms with Gasteiger partial charge in [-0.05, 0) is 24.1 Å². The Balaban J connectivity index is 1.74. The van der Waals surface area contributed by atoms with Gasteiger partial charge >= 0.3 is 5.97 Å². The molecule has 2 atom stereocenters. The second-order valence-corrected chi connectivity index (χ2v) is 6.72. The summed E-state index contributed by atoms with van der Waals surface area (Å²) in [7, 11) is 1.62. The largest absolute Gasteiger partial charge is 0.497 e. The number of fused-ring (bicyclic) bond motifs is 1. The zero-order valence-corrected chi connectivity index (χ0v) is 16.6. The van der Waals surface area contributed by atoms with Gasteiger partial charge in [0.25, 0.3) is 0 Å². The van der Waals surface area contributed by atoms with Crippen LogP contribution in [0.25, 0.3) is 22.2 Å². The summed E-state index contributed by atoms with van der Waals surface area (Å²) in [5, 5.41) is 9.75. The number of carboxylic acids is 1. The first-order chi connectivity index (χ1) is 14.0. The molecule has 0 aliphatic carbocycles. The lowest BCUT2D eigenvalue weighted by Gasteiger charge is -2.16. The molecule has 2 aromatic heterocycles. The van der Waals surface area contributed by atoms with Gasteiger partial charge in [0.2, 0.25) is 11.6 Å². The standard InChI is InChI=1S/C21H24N2O6/c1-4-17(21(24)25)27-9-13(2)10-28-19-18-16(11-29-20(18)23-12-22-19)14-5-7-15(26-3)8-6-14/h5-8,11-13,17H,4,9-10H2,1-3H3,(H,24,25)/t13-,17?/m1/s1. The highest BCUT2D eigenvalue weighted by Gasteiger charge is 2.19. The molecule has 1 unspecified atom stereocenters. The molecule has 3 rings (SSSR count). The second-order valence-electron chi connectivity index (χ2n) is 6.72. The van der Waals surface area contributed by atoms with Gasteiger partial charge in [0, 0.05) is 11.5 Å². The Labute approximate surface area is 168 Å². The van der Waals surface area contributed by atoms with Crippen molar-refractivity contribution >= 4 is 17.1 Å². The molecular weight excluding hydrogens is 376 g/mol. The van der Waals surface area contributed by atoms with Crippen LogP contribution in [-0.4, -0.2) is 47.5 Å². The molecule has 0 radical (unpaired) electrons. The lowest BCUT2D eigenvalue weighted by Crippen LogP contribution is -2.26. The molecule has 3 aromatic rings. The molecule has 1 aromatic carbocycles. The van der Waals surface area contributed by atoms with Gasteiger partial charge in [-0.25, -0.2) is 14.8 Å². The molecule has 0 aliphatic heterocycles. The van der Waals surface area contributed by atoms with Crippen LogP contribution in [0.3, 0.4) is 0 Å². The van der Waals surface area contributed by atoms with E-state index in [1.165, 1.54) is 6.33 Å². The van der Waals surface area contributed by atoms with Crippen molar-refractivity contribution in [2.24, 2.45) is 5.92 Å². The van der Waals surface area contributed by atoms with Crippen LogP contribution in [0, 0.1) is 5.92 Å². The van der Waals surface area contributed by atoms with Crippen LogP contribution in [0.4, 0.5) is 0 Å². The molecule has 0 saturated carbocycles. The molecule has 0 spiro atoms. The number of benzene rings is 1. The SMILES string of the molecule is CCC(OC[C@@H](C)COc1ncnc2occ(-c3ccc(OC)cc3)c12)C(=O)O. The van der Waals surface area contributed by atoms with Crippen LogP contribution >= 0.6 is 0 Å². The summed E-state index contributed by atoms with van der Waals surface area (Å²) >= 11 is 0. The van der Waals surface area contributed by atoms with Gasteiger partial charge in [-0.1, -0.05) is 26.0 Å². The Morgan fingerprint density at radius 3 is 2.62 bits per heavy atom. The van der Waals surface area contributed by atoms with Crippen LogP contribution in [-0.2, 0) is 9.53 Å². The maximum absolute atomic E-state index is 11.1. The van der Waals surface area contributed by atoms with Crippen LogP contribution in [0.15, 0.2) is 41.3 Å². The van der Waals surface area contributed by atoms with Crippen molar-refractivity contribution in [1.29, 1.82) is 0 Å². The third kappa shape index (κ3) is 4.83. The topological polar surface area (TPSA) is 104 Å². The number of hydrogen-bond acceptors (Lipinski definition) is 7. The molecule has 0 saturated heterocycles. The van der Waals surface area contributed by atoms with Gasteiger partial charge in [-0.2, -0.15) is 0 Å². The van der Waals surface area contributed by atoms with Crippen LogP contribution in [0.1, 0.15) is 20.3 Å². The number of carbonyl (C=O) groups is 1. The molecule has 154 valence electrons. The summed E-state index contributed by atoms with van der Waals surface area (Å²) in [5.41, 5.74) is 2.17. The number of carboxylic acid groups (broad SMARTS) is 1. The zero-order valence-electron chi connectivity index (χ0n) is 16.6. The number of ether oxygens (including phenoxy) is 3. The van der Waals surface area contributed by atoms with Crippen molar-refractivity contribution in [3.63, 3.8) is 0 Å². The van der Waals surface area contributed by atoms with E-state index in [-0.39, 0.29) is 12.5 Å². The maximum Gasteiger partial charge on any atom is 0.332 e. The first-order valence-corrected chi connectivity index (χ1v) is 9.37. The number of nitrogens with zero attached hydrogens (tertiary/aromatic N) is 2. The number of rotatable bonds is 10. The van der Waals surface area contributed by atoms with Crippen LogP contribution in [0.5, 0.6) is 11.6 Å². The fraction of sp³-hybridized carbons (Fsp3) is 0.381. The maximum atomic E-state index is 11.1. The summed E-state index contributed by atoms with van der Waals surface area (Å²) in [6, 6.07) is 7.58. The normalized spacial score (nSPS) is 13.2. The molecule has 0 amide bonds. The zero-order chi connectivity index (χ0) is 20.8. The highest BCUT2D eigenvalue weighted by molar-refractivity contribution is 5.95. The van der Waals surface area contributed by atoms with Crippen molar-refractivity contribution in [3.8, 4) is 22.8 Å². The van der Waals surface area contributed by atoms with E-state index in [1.807, 2.05) is 31.2 Å². The molecule has 0 fully saturated rings. The Hall–Kier alpha value is -3.13. The summed E-state index contributed by atoms with van der Waals surface area (Å²) < 4.78 is 22.1. The molecule has 8 heteroatoms. The first kappa shape index (κ1) is 20.6. The number of methoxy groups -OCH3 is 1. The Morgan fingerprint density at radius 1 is 1.21 bits per heavy atom. The second kappa shape index (κ2) is 9.38. The van der Waals surface area contributed by atoms with Gasteiger partial charge in [0.1, 0.15) is 23.7 Å². The van der Waals surface area contributed by atoms with E-state index in [1.54, 1.807) is 20.3 Å². The number of aromatic nitrogens is 2. The molecule has 29 heavy (non-hydrogen) atoms. The van der Waals surface area contributed by atoms with E-state index < -0.39 is 12.1 Å². The monoisotopic (exact) mass is 400 g/mol. The minimum Gasteiger partial charge on any atom is -0.497 e. The van der Waals surface area contributed by atoms with E-state index >= 15 is 0 Å². The van der Waals surface area contributed by atoms with Gasteiger partial charge in [0.05, 0.1) is 20.3 Å². The molecule has 0 aliphatic rings. The van der Waals surface area contributed by atoms with Gasteiger partial charge < -0.3 is 23.7 Å². The third-order valence-electron chi connectivity index (χ3n) is 4.47. The van der Waals surface area contributed by atoms with E-state index in [2.05, 4.69) is 9.97 Å². The van der Waals surface area contributed by atoms with Crippen LogP contribution < -0.4 is 9.47 Å². The summed E-state index contributed by atoms with van der Waals surface area (Å²) in [4.78, 5) is 19.5. The summed E-state index contributed by atoms with van der Waals surface area (Å²) in [6.45, 7) is 4.29. The molecular formula is C21H24N2O6. The quantitative estimate of drug-likeness (QED) is 0.548. The molecule has 0 bridgehead atoms. The predicted molar refractivity (Wildman–Crippen MR) is 106 cm³/mol. The molecule has 8 nitrogen and oxygen atoms in total. The smallest absolute Gasteiger partial charge is 0.332 e. The fourth-order valence-electron chi connectivity index (χ4n) is 2.85. The Bertz CT molecular complexity index is 953. The van der Waals surface area contributed by atoms with Crippen molar-refractivity contribution in [1.82, 2.24) is 9.97 Å². The van der Waals surface area contributed by atoms with E-state index in [0.717, 1.165) is 16.9 Å². The Kier molecular flexibility index (Phi) is 6.66. The van der Waals surface area contributed by atoms with E-state index in [4.69, 9.17) is 23.7 Å². The van der Waals surface area contributed by atoms with E-state index in [9.17, 15) is 4.79 Å². The lowest BCUT2D eigenvalue weighted by atomic mass is 10.1. The van der Waals surface area contributed by atoms with Crippen molar-refractivity contribution in [2.75, 3.05) is 20.3 Å². The average Bonchev–Trinajstić information content (AvgIpc) is 3.17. The molecule has 2 heterocycles. The van der Waals surface area contributed by atoms with Gasteiger partial charge in [-0.15, -0.1) is 0 Å². The van der Waals surface area contributed by atoms with Crippen molar-refractivity contribution < 1.29 is 28.5 Å². The van der Waals surface area contributed by atoms with Gasteiger partial charge in [-0.3, -0.25) is 0 Å². The van der Waals surface area contributed by atoms with E-state index in [0.29, 0.717) is 30.0 Å². The fourth-order valence-corrected chi connectivity index (χ4v) is 2.85. The number of furan rings is 1. The molecule has 1 N–H and O–H groups in total. The predicted octanol–water partition coefficient (Wildman–Crippen LogP) is 3.79. The minimum absolute atomic E-state index is 0.0234. The van der Waals surface area contributed by atoms with Crippen molar-refractivity contribution in [3.05, 3.63) is 36.9 Å². The first-order valence-electron chi connectivity index (χ1n) is 9.37. The number of hydrogen-bond donors (Lipinski definition) is 1. The minimum atomic E-state index is -0.958. The third-order valence-corrected chi connectivity index (χ3v) is 4.47. The summed E-state index contributed by atoms with van der Waals surface area (Å²) in [6.07, 6.45) is 2.62. The average molecular weight is 400 g/mol. The van der Waals surface area contributed by atoms with Crippen molar-refractivity contribution in [2.45, 2.75) is 26.4 Å². The lowest BCUT2D eigenvalue weighted by molar-refractivity contribution is -0.151. The highest BCUT2D eigenvalue weighted by atomic mass is 16.5. The van der Waals surface area contributed by atoms with Gasteiger partial charge in [0.15, 0.2) is 6.10 Å². The number of aliphatic carboxylic acids is 1. The summed E-state index contributed by atoms with van der Waals surface area (Å²) in [5.74, 6) is 0.187. The highest BCUT2D eigenvalue weighted by Crippen LogP contribution is 2.35.